The van der Waals surface area contributed by atoms with E-state index in [1.165, 1.54) is 24.8 Å². The summed E-state index contributed by atoms with van der Waals surface area (Å²) in [5.74, 6) is 0.469. The van der Waals surface area contributed by atoms with E-state index in [1.807, 2.05) is 6.92 Å². The Hall–Kier alpha value is -2.22. The number of nitrogens with zero attached hydrogens (tertiary/aromatic N) is 4. The van der Waals surface area contributed by atoms with Gasteiger partial charge in [-0.1, -0.05) is 0 Å². The van der Waals surface area contributed by atoms with Crippen molar-refractivity contribution in [2.24, 2.45) is 0 Å². The Morgan fingerprint density at radius 1 is 1.32 bits per heavy atom. The van der Waals surface area contributed by atoms with Crippen LogP contribution in [-0.2, 0) is 9.53 Å². The van der Waals surface area contributed by atoms with Crippen molar-refractivity contribution in [3.8, 4) is 0 Å². The number of ether oxygens (including phenoxy) is 1. The molecule has 0 aromatic carbocycles. The maximum absolute atomic E-state index is 11.9. The van der Waals surface area contributed by atoms with Crippen molar-refractivity contribution in [1.29, 1.82) is 0 Å². The van der Waals surface area contributed by atoms with Gasteiger partial charge in [-0.15, -0.1) is 11.3 Å². The van der Waals surface area contributed by atoms with Crippen LogP contribution < -0.4 is 4.90 Å². The molecule has 1 fully saturated rings. The molecule has 3 heterocycles. The number of hydrogen-bond acceptors (Lipinski definition) is 7. The normalized spacial score (nSPS) is 15.2. The standard InChI is InChI=1S/C14H16N4O3S/c1-9-10-12(18-5-3-17(8-19)4-6-18)15-7-16-13(10)22-11(9)14(20)21-2/h7-8H,3-6H2,1-2H3. The molecule has 1 amide bonds. The van der Waals surface area contributed by atoms with Crippen LogP contribution in [0.3, 0.4) is 0 Å². The van der Waals surface area contributed by atoms with E-state index in [2.05, 4.69) is 14.9 Å². The fourth-order valence-electron chi connectivity index (χ4n) is 2.62. The van der Waals surface area contributed by atoms with E-state index in [4.69, 9.17) is 4.74 Å². The molecule has 0 spiro atoms. The Morgan fingerprint density at radius 3 is 2.68 bits per heavy atom. The number of fused-ring (bicyclic) bond motifs is 1. The molecular formula is C14H16N4O3S. The molecule has 7 nitrogen and oxygen atoms in total. The second kappa shape index (κ2) is 5.88. The smallest absolute Gasteiger partial charge is 0.348 e. The Bertz CT molecular complexity index is 722. The third kappa shape index (κ3) is 2.39. The van der Waals surface area contributed by atoms with Gasteiger partial charge < -0.3 is 14.5 Å². The summed E-state index contributed by atoms with van der Waals surface area (Å²) in [6.07, 6.45) is 2.39. The first-order valence-electron chi connectivity index (χ1n) is 6.92. The van der Waals surface area contributed by atoms with Gasteiger partial charge in [-0.05, 0) is 12.5 Å². The number of aryl methyl sites for hydroxylation is 1. The zero-order valence-electron chi connectivity index (χ0n) is 12.4. The van der Waals surface area contributed by atoms with E-state index in [1.54, 1.807) is 4.90 Å². The summed E-state index contributed by atoms with van der Waals surface area (Å²) >= 11 is 1.32. The number of carbonyl (C=O) groups excluding carboxylic acids is 2. The lowest BCUT2D eigenvalue weighted by molar-refractivity contribution is -0.118. The van der Waals surface area contributed by atoms with Crippen molar-refractivity contribution in [2.45, 2.75) is 6.92 Å². The molecule has 1 aliphatic heterocycles. The van der Waals surface area contributed by atoms with Gasteiger partial charge in [-0.3, -0.25) is 4.79 Å². The van der Waals surface area contributed by atoms with Gasteiger partial charge >= 0.3 is 5.97 Å². The zero-order valence-corrected chi connectivity index (χ0v) is 13.2. The van der Waals surface area contributed by atoms with Crippen LogP contribution in [0.4, 0.5) is 5.82 Å². The van der Waals surface area contributed by atoms with Crippen molar-refractivity contribution >= 4 is 39.8 Å². The molecule has 0 radical (unpaired) electrons. The molecule has 0 saturated carbocycles. The average molecular weight is 320 g/mol. The lowest BCUT2D eigenvalue weighted by Gasteiger charge is -2.33. The van der Waals surface area contributed by atoms with Crippen LogP contribution in [0.1, 0.15) is 15.2 Å². The highest BCUT2D eigenvalue weighted by atomic mass is 32.1. The summed E-state index contributed by atoms with van der Waals surface area (Å²) in [5, 5.41) is 0.896. The number of anilines is 1. The van der Waals surface area contributed by atoms with Crippen LogP contribution >= 0.6 is 11.3 Å². The highest BCUT2D eigenvalue weighted by Gasteiger charge is 2.24. The van der Waals surface area contributed by atoms with Gasteiger partial charge in [0.05, 0.1) is 12.5 Å². The molecule has 116 valence electrons. The molecule has 0 bridgehead atoms. The molecule has 1 saturated heterocycles. The quantitative estimate of drug-likeness (QED) is 0.622. The maximum atomic E-state index is 11.9. The number of esters is 1. The van der Waals surface area contributed by atoms with Gasteiger partial charge in [0, 0.05) is 26.2 Å². The van der Waals surface area contributed by atoms with Crippen LogP contribution in [0.25, 0.3) is 10.2 Å². The summed E-state index contributed by atoms with van der Waals surface area (Å²) in [6, 6.07) is 0. The number of piperazine rings is 1. The Morgan fingerprint density at radius 2 is 2.05 bits per heavy atom. The van der Waals surface area contributed by atoms with E-state index < -0.39 is 0 Å². The highest BCUT2D eigenvalue weighted by Crippen LogP contribution is 2.35. The van der Waals surface area contributed by atoms with Crippen LogP contribution in [0, 0.1) is 6.92 Å². The van der Waals surface area contributed by atoms with Crippen LogP contribution in [-0.4, -0.2) is 60.5 Å². The molecule has 2 aromatic heterocycles. The van der Waals surface area contributed by atoms with E-state index in [0.717, 1.165) is 28.0 Å². The Labute approximate surface area is 131 Å². The van der Waals surface area contributed by atoms with Gasteiger partial charge in [0.1, 0.15) is 21.9 Å². The molecule has 0 atom stereocenters. The van der Waals surface area contributed by atoms with Crippen LogP contribution in [0.2, 0.25) is 0 Å². The van der Waals surface area contributed by atoms with E-state index in [9.17, 15) is 9.59 Å². The number of carbonyl (C=O) groups is 2. The van der Waals surface area contributed by atoms with Gasteiger partial charge in [-0.2, -0.15) is 0 Å². The minimum Gasteiger partial charge on any atom is -0.465 e. The third-order valence-corrected chi connectivity index (χ3v) is 5.02. The molecule has 0 unspecified atom stereocenters. The number of rotatable bonds is 3. The summed E-state index contributed by atoms with van der Waals surface area (Å²) in [5.41, 5.74) is 0.847. The van der Waals surface area contributed by atoms with Crippen LogP contribution in [0.5, 0.6) is 0 Å². The predicted octanol–water partition coefficient (Wildman–Crippen LogP) is 1.06. The molecule has 0 aliphatic carbocycles. The molecular weight excluding hydrogens is 304 g/mol. The maximum Gasteiger partial charge on any atom is 0.348 e. The number of thiophene rings is 1. The number of methoxy groups -OCH3 is 1. The van der Waals surface area contributed by atoms with Gasteiger partial charge in [0.15, 0.2) is 0 Å². The van der Waals surface area contributed by atoms with E-state index >= 15 is 0 Å². The number of amides is 1. The topological polar surface area (TPSA) is 75.6 Å². The van der Waals surface area contributed by atoms with Crippen molar-refractivity contribution < 1.29 is 14.3 Å². The highest BCUT2D eigenvalue weighted by molar-refractivity contribution is 7.20. The van der Waals surface area contributed by atoms with Gasteiger partial charge in [-0.25, -0.2) is 14.8 Å². The average Bonchev–Trinajstić information content (AvgIpc) is 2.91. The summed E-state index contributed by atoms with van der Waals surface area (Å²) in [4.78, 5) is 36.6. The first-order valence-corrected chi connectivity index (χ1v) is 7.74. The van der Waals surface area contributed by atoms with Crippen LogP contribution in [0.15, 0.2) is 6.33 Å². The molecule has 1 aliphatic rings. The van der Waals surface area contributed by atoms with Crippen molar-refractivity contribution in [3.05, 3.63) is 16.8 Å². The molecule has 2 aromatic rings. The molecule has 0 N–H and O–H groups in total. The SMILES string of the molecule is COC(=O)c1sc2ncnc(N3CCN(C=O)CC3)c2c1C. The Kier molecular flexibility index (Phi) is 3.93. The fourth-order valence-corrected chi connectivity index (χ4v) is 3.68. The van der Waals surface area contributed by atoms with Gasteiger partial charge in [0.2, 0.25) is 6.41 Å². The van der Waals surface area contributed by atoms with Crippen molar-refractivity contribution in [1.82, 2.24) is 14.9 Å². The molecule has 3 rings (SSSR count). The fraction of sp³-hybridized carbons (Fsp3) is 0.429. The lowest BCUT2D eigenvalue weighted by Crippen LogP contribution is -2.46. The predicted molar refractivity (Wildman–Crippen MR) is 83.3 cm³/mol. The largest absolute Gasteiger partial charge is 0.465 e. The third-order valence-electron chi connectivity index (χ3n) is 3.84. The second-order valence-corrected chi connectivity index (χ2v) is 6.05. The Balaban J connectivity index is 2.02. The summed E-state index contributed by atoms with van der Waals surface area (Å²) in [6.45, 7) is 4.66. The second-order valence-electron chi connectivity index (χ2n) is 5.05. The van der Waals surface area contributed by atoms with E-state index in [0.29, 0.717) is 31.1 Å². The minimum atomic E-state index is -0.350. The number of hydrogen-bond donors (Lipinski definition) is 0. The molecule has 22 heavy (non-hydrogen) atoms. The van der Waals surface area contributed by atoms with Crippen molar-refractivity contribution in [3.63, 3.8) is 0 Å². The summed E-state index contributed by atoms with van der Waals surface area (Å²) < 4.78 is 4.82. The minimum absolute atomic E-state index is 0.350. The van der Waals surface area contributed by atoms with Gasteiger partial charge in [0.25, 0.3) is 0 Å². The first kappa shape index (κ1) is 14.7. The summed E-state index contributed by atoms with van der Waals surface area (Å²) in [7, 11) is 1.37. The monoisotopic (exact) mass is 320 g/mol. The zero-order chi connectivity index (χ0) is 15.7. The lowest BCUT2D eigenvalue weighted by atomic mass is 10.2. The van der Waals surface area contributed by atoms with Crippen molar-refractivity contribution in [2.75, 3.05) is 38.2 Å². The number of aromatic nitrogens is 2. The first-order chi connectivity index (χ1) is 10.7. The van der Waals surface area contributed by atoms with E-state index in [-0.39, 0.29) is 5.97 Å². The molecule has 8 heteroatoms.